The summed E-state index contributed by atoms with van der Waals surface area (Å²) in [5.74, 6) is -0.638. The van der Waals surface area contributed by atoms with Gasteiger partial charge in [0, 0.05) is 38.7 Å². The van der Waals surface area contributed by atoms with Crippen LogP contribution in [0.2, 0.25) is 0 Å². The van der Waals surface area contributed by atoms with Crippen LogP contribution in [0, 0.1) is 5.82 Å². The van der Waals surface area contributed by atoms with Crippen molar-refractivity contribution in [3.63, 3.8) is 0 Å². The Balaban J connectivity index is 1.39. The molecule has 2 saturated heterocycles. The first-order chi connectivity index (χ1) is 15.4. The molecule has 2 fully saturated rings. The van der Waals surface area contributed by atoms with Gasteiger partial charge in [0.2, 0.25) is 5.91 Å². The lowest BCUT2D eigenvalue weighted by molar-refractivity contribution is -0.119. The van der Waals surface area contributed by atoms with Crippen molar-refractivity contribution in [2.45, 2.75) is 19.4 Å². The van der Waals surface area contributed by atoms with Gasteiger partial charge in [-0.2, -0.15) is 0 Å². The predicted octanol–water partition coefficient (Wildman–Crippen LogP) is 1.83. The van der Waals surface area contributed by atoms with E-state index in [-0.39, 0.29) is 25.0 Å². The molecule has 0 unspecified atom stereocenters. The SMILES string of the molecule is CC(=O)NC[C@H]1CN(c2ccc(C3=CCN(C(=O)N4CCOCC4)CC3)c(F)c2)C(=O)O1. The van der Waals surface area contributed by atoms with Crippen LogP contribution in [0.25, 0.3) is 5.57 Å². The fourth-order valence-corrected chi connectivity index (χ4v) is 4.07. The third kappa shape index (κ3) is 4.85. The second-order valence-electron chi connectivity index (χ2n) is 8.02. The van der Waals surface area contributed by atoms with Gasteiger partial charge >= 0.3 is 12.1 Å². The van der Waals surface area contributed by atoms with Crippen molar-refractivity contribution >= 4 is 29.3 Å². The molecule has 0 spiro atoms. The van der Waals surface area contributed by atoms with E-state index in [1.165, 1.54) is 17.9 Å². The van der Waals surface area contributed by atoms with Crippen molar-refractivity contribution in [3.05, 3.63) is 35.7 Å². The molecule has 0 bridgehead atoms. The average molecular weight is 446 g/mol. The lowest BCUT2D eigenvalue weighted by atomic mass is 9.98. The molecule has 3 aliphatic rings. The number of benzene rings is 1. The molecule has 9 nitrogen and oxygen atoms in total. The smallest absolute Gasteiger partial charge is 0.414 e. The van der Waals surface area contributed by atoms with Crippen LogP contribution in [0.15, 0.2) is 24.3 Å². The highest BCUT2D eigenvalue weighted by Crippen LogP contribution is 2.30. The van der Waals surface area contributed by atoms with Gasteiger partial charge in [-0.1, -0.05) is 6.08 Å². The van der Waals surface area contributed by atoms with E-state index in [2.05, 4.69) is 5.32 Å². The summed E-state index contributed by atoms with van der Waals surface area (Å²) in [6, 6.07) is 4.65. The van der Waals surface area contributed by atoms with E-state index in [9.17, 15) is 18.8 Å². The number of carbonyl (C=O) groups excluding carboxylic acids is 3. The van der Waals surface area contributed by atoms with Crippen LogP contribution in [0.3, 0.4) is 0 Å². The third-order valence-corrected chi connectivity index (χ3v) is 5.82. The van der Waals surface area contributed by atoms with Gasteiger partial charge in [-0.25, -0.2) is 14.0 Å². The van der Waals surface area contributed by atoms with Gasteiger partial charge in [-0.15, -0.1) is 0 Å². The van der Waals surface area contributed by atoms with Crippen LogP contribution in [0.1, 0.15) is 18.9 Å². The number of carbonyl (C=O) groups is 3. The van der Waals surface area contributed by atoms with Crippen molar-refractivity contribution in [3.8, 4) is 0 Å². The Hall–Kier alpha value is -3.14. The second-order valence-corrected chi connectivity index (χ2v) is 8.02. The second kappa shape index (κ2) is 9.56. The highest BCUT2D eigenvalue weighted by molar-refractivity contribution is 5.90. The molecular formula is C22H27FN4O5. The van der Waals surface area contributed by atoms with Gasteiger partial charge in [-0.3, -0.25) is 9.69 Å². The number of hydrogen-bond acceptors (Lipinski definition) is 5. The minimum atomic E-state index is -0.568. The molecule has 1 aromatic rings. The van der Waals surface area contributed by atoms with E-state index < -0.39 is 18.0 Å². The van der Waals surface area contributed by atoms with Crippen molar-refractivity contribution in [2.75, 3.05) is 57.4 Å². The van der Waals surface area contributed by atoms with Crippen LogP contribution >= 0.6 is 0 Å². The van der Waals surface area contributed by atoms with Crippen LogP contribution in [-0.2, 0) is 14.3 Å². The quantitative estimate of drug-likeness (QED) is 0.762. The van der Waals surface area contributed by atoms with Gasteiger partial charge < -0.3 is 24.6 Å². The maximum absolute atomic E-state index is 14.9. The molecule has 0 aliphatic carbocycles. The predicted molar refractivity (Wildman–Crippen MR) is 115 cm³/mol. The number of nitrogens with one attached hydrogen (secondary N) is 1. The number of anilines is 1. The minimum Gasteiger partial charge on any atom is -0.442 e. The van der Waals surface area contributed by atoms with Crippen molar-refractivity contribution in [1.29, 1.82) is 0 Å². The van der Waals surface area contributed by atoms with Crippen LogP contribution in [-0.4, -0.2) is 86.4 Å². The first kappa shape index (κ1) is 22.1. The van der Waals surface area contributed by atoms with Crippen molar-refractivity contribution < 1.29 is 28.2 Å². The maximum atomic E-state index is 14.9. The summed E-state index contributed by atoms with van der Waals surface area (Å²) in [5, 5.41) is 2.61. The number of amides is 4. The monoisotopic (exact) mass is 446 g/mol. The molecule has 172 valence electrons. The molecular weight excluding hydrogens is 419 g/mol. The summed E-state index contributed by atoms with van der Waals surface area (Å²) in [6.07, 6.45) is 1.39. The number of morpholine rings is 1. The molecule has 10 heteroatoms. The van der Waals surface area contributed by atoms with E-state index in [1.54, 1.807) is 21.9 Å². The molecule has 1 aromatic carbocycles. The molecule has 0 saturated carbocycles. The van der Waals surface area contributed by atoms with E-state index in [0.29, 0.717) is 57.1 Å². The summed E-state index contributed by atoms with van der Waals surface area (Å²) >= 11 is 0. The number of ether oxygens (including phenoxy) is 2. The van der Waals surface area contributed by atoms with Gasteiger partial charge in [-0.05, 0) is 30.2 Å². The van der Waals surface area contributed by atoms with Gasteiger partial charge in [0.05, 0.1) is 32.0 Å². The number of halogens is 1. The summed E-state index contributed by atoms with van der Waals surface area (Å²) in [5.41, 5.74) is 1.71. The first-order valence-corrected chi connectivity index (χ1v) is 10.8. The molecule has 0 radical (unpaired) electrons. The van der Waals surface area contributed by atoms with Crippen molar-refractivity contribution in [2.24, 2.45) is 0 Å². The van der Waals surface area contributed by atoms with Gasteiger partial charge in [0.1, 0.15) is 11.9 Å². The molecule has 32 heavy (non-hydrogen) atoms. The third-order valence-electron chi connectivity index (χ3n) is 5.82. The largest absolute Gasteiger partial charge is 0.442 e. The normalized spacial score (nSPS) is 21.3. The summed E-state index contributed by atoms with van der Waals surface area (Å²) in [7, 11) is 0. The zero-order valence-electron chi connectivity index (χ0n) is 18.0. The first-order valence-electron chi connectivity index (χ1n) is 10.8. The highest BCUT2D eigenvalue weighted by atomic mass is 19.1. The van der Waals surface area contributed by atoms with E-state index in [0.717, 1.165) is 5.57 Å². The summed E-state index contributed by atoms with van der Waals surface area (Å²) < 4.78 is 25.5. The van der Waals surface area contributed by atoms with Crippen LogP contribution in [0.5, 0.6) is 0 Å². The van der Waals surface area contributed by atoms with E-state index in [4.69, 9.17) is 9.47 Å². The minimum absolute atomic E-state index is 0.0132. The van der Waals surface area contributed by atoms with E-state index >= 15 is 0 Å². The molecule has 4 rings (SSSR count). The maximum Gasteiger partial charge on any atom is 0.414 e. The summed E-state index contributed by atoms with van der Waals surface area (Å²) in [4.78, 5) is 40.7. The standard InChI is InChI=1S/C22H27FN4O5/c1-15(28)24-13-18-14-27(22(30)32-18)17-2-3-19(20(23)12-17)16-4-6-25(7-5-16)21(29)26-8-10-31-11-9-26/h2-4,12,18H,5-11,13-14H2,1H3,(H,24,28)/t18-/m0/s1. The number of nitrogens with zero attached hydrogens (tertiary/aromatic N) is 3. The zero-order chi connectivity index (χ0) is 22.7. The van der Waals surface area contributed by atoms with Crippen LogP contribution in [0.4, 0.5) is 19.7 Å². The fraction of sp³-hybridized carbons (Fsp3) is 0.500. The molecule has 4 amide bonds. The molecule has 3 heterocycles. The van der Waals surface area contributed by atoms with Crippen molar-refractivity contribution in [1.82, 2.24) is 15.1 Å². The van der Waals surface area contributed by atoms with Gasteiger partial charge in [0.15, 0.2) is 0 Å². The van der Waals surface area contributed by atoms with Crippen LogP contribution < -0.4 is 10.2 Å². The Morgan fingerprint density at radius 2 is 1.97 bits per heavy atom. The Morgan fingerprint density at radius 1 is 1.19 bits per heavy atom. The van der Waals surface area contributed by atoms with E-state index in [1.807, 2.05) is 6.08 Å². The average Bonchev–Trinajstić information content (AvgIpc) is 3.18. The Labute approximate surface area is 185 Å². The Kier molecular flexibility index (Phi) is 6.59. The molecule has 3 aliphatic heterocycles. The van der Waals surface area contributed by atoms with Gasteiger partial charge in [0.25, 0.3) is 0 Å². The highest BCUT2D eigenvalue weighted by Gasteiger charge is 2.33. The number of hydrogen-bond donors (Lipinski definition) is 1. The Morgan fingerprint density at radius 3 is 2.62 bits per heavy atom. The molecule has 1 atom stereocenters. The number of urea groups is 1. The Bertz CT molecular complexity index is 931. The number of rotatable bonds is 4. The number of cyclic esters (lactones) is 1. The topological polar surface area (TPSA) is 91.4 Å². The molecule has 0 aromatic heterocycles. The summed E-state index contributed by atoms with van der Waals surface area (Å²) in [6.45, 7) is 5.07. The lowest BCUT2D eigenvalue weighted by Crippen LogP contribution is -2.49. The lowest BCUT2D eigenvalue weighted by Gasteiger charge is -2.34. The zero-order valence-corrected chi connectivity index (χ0v) is 18.0. The fourth-order valence-electron chi connectivity index (χ4n) is 4.07. The molecule has 1 N–H and O–H groups in total.